The number of thiazole rings is 1. The Labute approximate surface area is 124 Å². The fourth-order valence-electron chi connectivity index (χ4n) is 2.17. The van der Waals surface area contributed by atoms with Crippen molar-refractivity contribution in [1.29, 1.82) is 0 Å². The standard InChI is InChI=1S/C16H20N2OS/c1-4-8-11(2)17-16(19)15-14(18-12(3)20-15)13-9-6-5-7-10-13/h5-7,9-11H,4,8H2,1-3H3,(H,17,19). The van der Waals surface area contributed by atoms with E-state index < -0.39 is 0 Å². The van der Waals surface area contributed by atoms with E-state index in [0.717, 1.165) is 29.1 Å². The van der Waals surface area contributed by atoms with E-state index >= 15 is 0 Å². The number of carbonyl (C=O) groups excluding carboxylic acids is 1. The van der Waals surface area contributed by atoms with Gasteiger partial charge in [0.25, 0.3) is 5.91 Å². The van der Waals surface area contributed by atoms with Gasteiger partial charge in [0.1, 0.15) is 4.88 Å². The first-order valence-electron chi connectivity index (χ1n) is 6.95. The Balaban J connectivity index is 2.26. The molecule has 0 fully saturated rings. The summed E-state index contributed by atoms with van der Waals surface area (Å²) in [6.45, 7) is 6.09. The van der Waals surface area contributed by atoms with Crippen LogP contribution in [0.3, 0.4) is 0 Å². The third-order valence-corrected chi connectivity index (χ3v) is 4.06. The van der Waals surface area contributed by atoms with Crippen LogP contribution in [0, 0.1) is 6.92 Å². The van der Waals surface area contributed by atoms with Crippen LogP contribution in [0.25, 0.3) is 11.3 Å². The Kier molecular flexibility index (Phi) is 4.90. The lowest BCUT2D eigenvalue weighted by molar-refractivity contribution is 0.0943. The van der Waals surface area contributed by atoms with E-state index in [9.17, 15) is 4.79 Å². The van der Waals surface area contributed by atoms with Gasteiger partial charge in [0.05, 0.1) is 10.7 Å². The fourth-order valence-corrected chi connectivity index (χ4v) is 3.01. The monoisotopic (exact) mass is 288 g/mol. The molecule has 20 heavy (non-hydrogen) atoms. The molecule has 0 radical (unpaired) electrons. The number of aromatic nitrogens is 1. The molecule has 0 spiro atoms. The lowest BCUT2D eigenvalue weighted by atomic mass is 10.1. The molecule has 2 aromatic rings. The van der Waals surface area contributed by atoms with Crippen LogP contribution in [0.2, 0.25) is 0 Å². The number of hydrogen-bond acceptors (Lipinski definition) is 3. The molecule has 3 nitrogen and oxygen atoms in total. The molecule has 1 amide bonds. The average Bonchev–Trinajstić information content (AvgIpc) is 2.82. The van der Waals surface area contributed by atoms with Gasteiger partial charge in [0, 0.05) is 11.6 Å². The summed E-state index contributed by atoms with van der Waals surface area (Å²) in [5.74, 6) is -0.0181. The van der Waals surface area contributed by atoms with E-state index in [1.165, 1.54) is 11.3 Å². The number of nitrogens with zero attached hydrogens (tertiary/aromatic N) is 1. The van der Waals surface area contributed by atoms with Gasteiger partial charge in [-0.05, 0) is 20.3 Å². The highest BCUT2D eigenvalue weighted by Crippen LogP contribution is 2.27. The fraction of sp³-hybridized carbons (Fsp3) is 0.375. The average molecular weight is 288 g/mol. The Morgan fingerprint density at radius 1 is 1.35 bits per heavy atom. The van der Waals surface area contributed by atoms with Crippen molar-refractivity contribution in [2.75, 3.05) is 0 Å². The van der Waals surface area contributed by atoms with Crippen LogP contribution >= 0.6 is 11.3 Å². The minimum Gasteiger partial charge on any atom is -0.349 e. The van der Waals surface area contributed by atoms with Crippen molar-refractivity contribution in [3.05, 3.63) is 40.2 Å². The molecule has 1 aromatic carbocycles. The topological polar surface area (TPSA) is 42.0 Å². The summed E-state index contributed by atoms with van der Waals surface area (Å²) >= 11 is 1.45. The molecular weight excluding hydrogens is 268 g/mol. The summed E-state index contributed by atoms with van der Waals surface area (Å²) in [5.41, 5.74) is 1.78. The summed E-state index contributed by atoms with van der Waals surface area (Å²) in [5, 5.41) is 3.97. The van der Waals surface area contributed by atoms with Crippen LogP contribution in [0.5, 0.6) is 0 Å². The lowest BCUT2D eigenvalue weighted by Crippen LogP contribution is -2.32. The van der Waals surface area contributed by atoms with Crippen LogP contribution in [0.15, 0.2) is 30.3 Å². The molecular formula is C16H20N2OS. The van der Waals surface area contributed by atoms with Gasteiger partial charge in [-0.15, -0.1) is 11.3 Å². The summed E-state index contributed by atoms with van der Waals surface area (Å²) < 4.78 is 0. The molecule has 2 rings (SSSR count). The second-order valence-electron chi connectivity index (χ2n) is 4.94. The number of hydrogen-bond donors (Lipinski definition) is 1. The second kappa shape index (κ2) is 6.66. The molecule has 106 valence electrons. The zero-order valence-corrected chi connectivity index (χ0v) is 13.0. The lowest BCUT2D eigenvalue weighted by Gasteiger charge is -2.12. The van der Waals surface area contributed by atoms with Crippen molar-refractivity contribution in [3.63, 3.8) is 0 Å². The number of rotatable bonds is 5. The third-order valence-electron chi connectivity index (χ3n) is 3.09. The van der Waals surface area contributed by atoms with Crippen molar-refractivity contribution in [2.45, 2.75) is 39.7 Å². The van der Waals surface area contributed by atoms with Gasteiger partial charge in [-0.2, -0.15) is 0 Å². The first kappa shape index (κ1) is 14.7. The normalized spacial score (nSPS) is 12.2. The van der Waals surface area contributed by atoms with E-state index in [1.807, 2.05) is 44.2 Å². The molecule has 0 aliphatic rings. The van der Waals surface area contributed by atoms with Gasteiger partial charge < -0.3 is 5.32 Å². The van der Waals surface area contributed by atoms with Crippen LogP contribution in [0.4, 0.5) is 0 Å². The number of amides is 1. The molecule has 1 atom stereocenters. The number of carbonyl (C=O) groups is 1. The quantitative estimate of drug-likeness (QED) is 0.902. The molecule has 0 bridgehead atoms. The van der Waals surface area contributed by atoms with Gasteiger partial charge in [-0.1, -0.05) is 43.7 Å². The minimum atomic E-state index is -0.0181. The third kappa shape index (κ3) is 3.45. The Morgan fingerprint density at radius 3 is 2.70 bits per heavy atom. The Morgan fingerprint density at radius 2 is 2.05 bits per heavy atom. The zero-order valence-electron chi connectivity index (χ0n) is 12.1. The van der Waals surface area contributed by atoms with Crippen LogP contribution in [0.1, 0.15) is 41.4 Å². The number of nitrogens with one attached hydrogen (secondary N) is 1. The van der Waals surface area contributed by atoms with Gasteiger partial charge in [-0.3, -0.25) is 4.79 Å². The summed E-state index contributed by atoms with van der Waals surface area (Å²) in [7, 11) is 0. The largest absolute Gasteiger partial charge is 0.349 e. The van der Waals surface area contributed by atoms with Crippen LogP contribution in [-0.2, 0) is 0 Å². The van der Waals surface area contributed by atoms with E-state index in [-0.39, 0.29) is 11.9 Å². The van der Waals surface area contributed by atoms with Crippen molar-refractivity contribution in [2.24, 2.45) is 0 Å². The molecule has 0 saturated carbocycles. The highest BCUT2D eigenvalue weighted by Gasteiger charge is 2.19. The Bertz CT molecular complexity index is 577. The molecule has 0 saturated heterocycles. The van der Waals surface area contributed by atoms with Gasteiger partial charge >= 0.3 is 0 Å². The molecule has 1 aromatic heterocycles. The first-order chi connectivity index (χ1) is 9.61. The maximum absolute atomic E-state index is 12.4. The van der Waals surface area contributed by atoms with Crippen LogP contribution in [-0.4, -0.2) is 16.9 Å². The summed E-state index contributed by atoms with van der Waals surface area (Å²) in [6, 6.07) is 10.1. The summed E-state index contributed by atoms with van der Waals surface area (Å²) in [4.78, 5) is 17.6. The number of aryl methyl sites for hydroxylation is 1. The van der Waals surface area contributed by atoms with E-state index in [0.29, 0.717) is 4.88 Å². The first-order valence-corrected chi connectivity index (χ1v) is 7.77. The van der Waals surface area contributed by atoms with E-state index in [2.05, 4.69) is 17.2 Å². The molecule has 1 heterocycles. The predicted octanol–water partition coefficient (Wildman–Crippen LogP) is 4.04. The van der Waals surface area contributed by atoms with Gasteiger partial charge in [0.2, 0.25) is 0 Å². The van der Waals surface area contributed by atoms with Crippen molar-refractivity contribution < 1.29 is 4.79 Å². The highest BCUT2D eigenvalue weighted by atomic mass is 32.1. The maximum atomic E-state index is 12.4. The molecule has 1 unspecified atom stereocenters. The van der Waals surface area contributed by atoms with E-state index in [4.69, 9.17) is 0 Å². The molecule has 1 N–H and O–H groups in total. The summed E-state index contributed by atoms with van der Waals surface area (Å²) in [6.07, 6.45) is 2.05. The van der Waals surface area contributed by atoms with E-state index in [1.54, 1.807) is 0 Å². The second-order valence-corrected chi connectivity index (χ2v) is 6.14. The molecule has 4 heteroatoms. The van der Waals surface area contributed by atoms with Gasteiger partial charge in [0.15, 0.2) is 0 Å². The highest BCUT2D eigenvalue weighted by molar-refractivity contribution is 7.14. The van der Waals surface area contributed by atoms with Gasteiger partial charge in [-0.25, -0.2) is 4.98 Å². The minimum absolute atomic E-state index is 0.0181. The van der Waals surface area contributed by atoms with Crippen molar-refractivity contribution in [1.82, 2.24) is 10.3 Å². The SMILES string of the molecule is CCCC(C)NC(=O)c1sc(C)nc1-c1ccccc1. The number of benzene rings is 1. The van der Waals surface area contributed by atoms with Crippen LogP contribution < -0.4 is 5.32 Å². The van der Waals surface area contributed by atoms with Crippen molar-refractivity contribution in [3.8, 4) is 11.3 Å². The smallest absolute Gasteiger partial charge is 0.263 e. The van der Waals surface area contributed by atoms with Crippen molar-refractivity contribution >= 4 is 17.2 Å². The predicted molar refractivity (Wildman–Crippen MR) is 84.1 cm³/mol. The molecule has 0 aliphatic heterocycles. The molecule has 0 aliphatic carbocycles. The Hall–Kier alpha value is -1.68. The maximum Gasteiger partial charge on any atom is 0.263 e. The zero-order chi connectivity index (χ0) is 14.5.